The molecule has 4 unspecified atom stereocenters. The number of anilines is 1. The lowest BCUT2D eigenvalue weighted by molar-refractivity contribution is 0.0891. The zero-order chi connectivity index (χ0) is 18.4. The summed E-state index contributed by atoms with van der Waals surface area (Å²) in [7, 11) is -3.30. The van der Waals surface area contributed by atoms with Crippen LogP contribution in [0.3, 0.4) is 0 Å². The quantitative estimate of drug-likeness (QED) is 0.897. The summed E-state index contributed by atoms with van der Waals surface area (Å²) in [5, 5.41) is 3.19. The molecule has 0 saturated heterocycles. The highest BCUT2D eigenvalue weighted by atomic mass is 32.2. The Balaban J connectivity index is 1.79. The number of fused-ring (bicyclic) bond motifs is 1. The molecule has 1 aromatic carbocycles. The van der Waals surface area contributed by atoms with Crippen LogP contribution in [0.1, 0.15) is 56.0 Å². The van der Waals surface area contributed by atoms with E-state index in [1.165, 1.54) is 17.0 Å². The number of carbonyl (C=O) groups excluding carboxylic acids is 1. The van der Waals surface area contributed by atoms with Crippen LogP contribution in [-0.2, 0) is 16.4 Å². The van der Waals surface area contributed by atoms with Crippen LogP contribution in [0.4, 0.5) is 5.69 Å². The zero-order valence-electron chi connectivity index (χ0n) is 15.5. The van der Waals surface area contributed by atoms with E-state index < -0.39 is 10.0 Å². The van der Waals surface area contributed by atoms with E-state index in [9.17, 15) is 13.2 Å². The van der Waals surface area contributed by atoms with Gasteiger partial charge in [0, 0.05) is 17.6 Å². The van der Waals surface area contributed by atoms with E-state index >= 15 is 0 Å². The highest BCUT2D eigenvalue weighted by Gasteiger charge is 2.33. The molecule has 1 aliphatic carbocycles. The van der Waals surface area contributed by atoms with Crippen molar-refractivity contribution in [1.82, 2.24) is 5.32 Å². The Morgan fingerprint density at radius 3 is 2.60 bits per heavy atom. The second-order valence-electron chi connectivity index (χ2n) is 7.80. The van der Waals surface area contributed by atoms with Gasteiger partial charge in [-0.3, -0.25) is 9.10 Å². The molecule has 1 amide bonds. The number of nitrogens with one attached hydrogen (secondary N) is 1. The van der Waals surface area contributed by atoms with E-state index in [1.807, 2.05) is 13.0 Å². The molecule has 2 aliphatic rings. The molecule has 1 N–H and O–H groups in total. The predicted molar refractivity (Wildman–Crippen MR) is 100 cm³/mol. The highest BCUT2D eigenvalue weighted by molar-refractivity contribution is 7.92. The molecule has 1 aromatic rings. The van der Waals surface area contributed by atoms with Crippen molar-refractivity contribution >= 4 is 21.6 Å². The Hall–Kier alpha value is -1.56. The second kappa shape index (κ2) is 6.63. The van der Waals surface area contributed by atoms with Crippen LogP contribution in [-0.4, -0.2) is 32.7 Å². The molecular weight excluding hydrogens is 336 g/mol. The summed E-state index contributed by atoms with van der Waals surface area (Å²) in [6.07, 6.45) is 5.28. The van der Waals surface area contributed by atoms with Crippen LogP contribution >= 0.6 is 0 Å². The van der Waals surface area contributed by atoms with Crippen molar-refractivity contribution < 1.29 is 13.2 Å². The molecule has 6 heteroatoms. The van der Waals surface area contributed by atoms with Crippen LogP contribution in [0, 0.1) is 11.8 Å². The number of nitrogens with zero attached hydrogens (tertiary/aromatic N) is 1. The number of hydrogen-bond acceptors (Lipinski definition) is 3. The molecule has 1 aliphatic heterocycles. The number of benzene rings is 1. The fourth-order valence-corrected chi connectivity index (χ4v) is 5.55. The monoisotopic (exact) mass is 364 g/mol. The van der Waals surface area contributed by atoms with Crippen molar-refractivity contribution in [3.63, 3.8) is 0 Å². The molecule has 0 aromatic heterocycles. The van der Waals surface area contributed by atoms with Gasteiger partial charge in [-0.2, -0.15) is 0 Å². The van der Waals surface area contributed by atoms with Crippen molar-refractivity contribution in [2.45, 2.75) is 58.5 Å². The van der Waals surface area contributed by atoms with E-state index in [0.29, 0.717) is 29.5 Å². The minimum Gasteiger partial charge on any atom is -0.349 e. The molecule has 25 heavy (non-hydrogen) atoms. The van der Waals surface area contributed by atoms with Crippen molar-refractivity contribution in [2.75, 3.05) is 10.6 Å². The summed E-state index contributed by atoms with van der Waals surface area (Å²) in [6, 6.07) is 5.46. The Morgan fingerprint density at radius 2 is 1.92 bits per heavy atom. The Morgan fingerprint density at radius 1 is 1.20 bits per heavy atom. The second-order valence-corrected chi connectivity index (χ2v) is 9.66. The largest absolute Gasteiger partial charge is 0.349 e. The first kappa shape index (κ1) is 18.2. The maximum absolute atomic E-state index is 12.7. The van der Waals surface area contributed by atoms with Gasteiger partial charge < -0.3 is 5.32 Å². The summed E-state index contributed by atoms with van der Waals surface area (Å²) in [6.45, 7) is 6.36. The lowest BCUT2D eigenvalue weighted by Crippen LogP contribution is -2.43. The normalized spacial score (nSPS) is 29.4. The maximum Gasteiger partial charge on any atom is 0.251 e. The molecule has 1 heterocycles. The fourth-order valence-electron chi connectivity index (χ4n) is 4.29. The van der Waals surface area contributed by atoms with E-state index in [2.05, 4.69) is 19.2 Å². The molecule has 5 nitrogen and oxygen atoms in total. The van der Waals surface area contributed by atoms with Crippen LogP contribution in [0.2, 0.25) is 0 Å². The van der Waals surface area contributed by atoms with Gasteiger partial charge in [-0.25, -0.2) is 8.42 Å². The first-order valence-electron chi connectivity index (χ1n) is 9.11. The average Bonchev–Trinajstić information content (AvgIpc) is 2.86. The van der Waals surface area contributed by atoms with Crippen molar-refractivity contribution in [1.29, 1.82) is 0 Å². The van der Waals surface area contributed by atoms with Gasteiger partial charge in [0.2, 0.25) is 10.0 Å². The lowest BCUT2D eigenvalue weighted by Gasteiger charge is -2.34. The van der Waals surface area contributed by atoms with Gasteiger partial charge >= 0.3 is 0 Å². The minimum absolute atomic E-state index is 0.0563. The van der Waals surface area contributed by atoms with Crippen LogP contribution in [0.15, 0.2) is 18.2 Å². The molecule has 1 fully saturated rings. The van der Waals surface area contributed by atoms with Crippen LogP contribution in [0.5, 0.6) is 0 Å². The van der Waals surface area contributed by atoms with Gasteiger partial charge in [-0.05, 0) is 55.4 Å². The number of rotatable bonds is 3. The van der Waals surface area contributed by atoms with Gasteiger partial charge in [0.25, 0.3) is 5.91 Å². The van der Waals surface area contributed by atoms with Crippen LogP contribution < -0.4 is 9.62 Å². The fraction of sp³-hybridized carbons (Fsp3) is 0.632. The topological polar surface area (TPSA) is 66.5 Å². The molecule has 4 atom stereocenters. The summed E-state index contributed by atoms with van der Waals surface area (Å²) in [5.74, 6) is 1.05. The maximum atomic E-state index is 12.7. The minimum atomic E-state index is -3.30. The van der Waals surface area contributed by atoms with E-state index in [1.54, 1.807) is 12.1 Å². The molecule has 0 spiro atoms. The standard InChI is InChI=1S/C19H28N2O3S/c1-12-6-5-7-17(14(12)3)20-19(22)15-8-9-18-16(11-15)10-13(2)21(18)25(4,23)24/h8-9,11-14,17H,5-7,10H2,1-4H3,(H,20,22). The van der Waals surface area contributed by atoms with Gasteiger partial charge in [0.05, 0.1) is 11.9 Å². The summed E-state index contributed by atoms with van der Waals surface area (Å²) in [5.41, 5.74) is 2.24. The van der Waals surface area contributed by atoms with Gasteiger partial charge in [-0.15, -0.1) is 0 Å². The molecule has 0 bridgehead atoms. The molecule has 3 rings (SSSR count). The van der Waals surface area contributed by atoms with E-state index in [4.69, 9.17) is 0 Å². The first-order valence-corrected chi connectivity index (χ1v) is 11.0. The summed E-state index contributed by atoms with van der Waals surface area (Å²) >= 11 is 0. The zero-order valence-corrected chi connectivity index (χ0v) is 16.3. The molecule has 0 radical (unpaired) electrons. The lowest BCUT2D eigenvalue weighted by atomic mass is 9.78. The molecule has 138 valence electrons. The van der Waals surface area contributed by atoms with E-state index in [0.717, 1.165) is 18.4 Å². The SMILES string of the molecule is CC1CCCC(NC(=O)c2ccc3c(c2)CC(C)N3S(C)(=O)=O)C1C. The smallest absolute Gasteiger partial charge is 0.251 e. The summed E-state index contributed by atoms with van der Waals surface area (Å²) < 4.78 is 25.5. The van der Waals surface area contributed by atoms with Crippen LogP contribution in [0.25, 0.3) is 0 Å². The first-order chi connectivity index (χ1) is 11.7. The summed E-state index contributed by atoms with van der Waals surface area (Å²) in [4.78, 5) is 12.7. The number of amides is 1. The highest BCUT2D eigenvalue weighted by Crippen LogP contribution is 2.35. The Labute approximate surface area is 150 Å². The number of hydrogen-bond donors (Lipinski definition) is 1. The third kappa shape index (κ3) is 3.54. The molecular formula is C19H28N2O3S. The Kier molecular flexibility index (Phi) is 4.84. The third-order valence-corrected chi connectivity index (χ3v) is 7.15. The van der Waals surface area contributed by atoms with Crippen molar-refractivity contribution in [3.05, 3.63) is 29.3 Å². The van der Waals surface area contributed by atoms with Crippen molar-refractivity contribution in [2.24, 2.45) is 11.8 Å². The van der Waals surface area contributed by atoms with Gasteiger partial charge in [-0.1, -0.05) is 26.7 Å². The average molecular weight is 365 g/mol. The van der Waals surface area contributed by atoms with Gasteiger partial charge in [0.1, 0.15) is 0 Å². The Bertz CT molecular complexity index is 775. The molecule has 1 saturated carbocycles. The van der Waals surface area contributed by atoms with E-state index in [-0.39, 0.29) is 18.0 Å². The van der Waals surface area contributed by atoms with Crippen molar-refractivity contribution in [3.8, 4) is 0 Å². The van der Waals surface area contributed by atoms with Gasteiger partial charge in [0.15, 0.2) is 0 Å². The number of sulfonamides is 1. The third-order valence-electron chi connectivity index (χ3n) is 5.88. The predicted octanol–water partition coefficient (Wildman–Crippen LogP) is 2.95. The number of carbonyl (C=O) groups is 1.